The molecule has 0 amide bonds. The molecule has 1 aromatic rings. The topological polar surface area (TPSA) is 62.9 Å². The molecule has 0 bridgehead atoms. The third-order valence-corrected chi connectivity index (χ3v) is 2.97. The maximum Gasteiger partial charge on any atom is 0.137 e. The van der Waals surface area contributed by atoms with Crippen LogP contribution in [-0.4, -0.2) is 39.6 Å². The molecule has 1 saturated heterocycles. The number of benzene rings is 1. The fraction of sp³-hybridized carbons (Fsp3) is 0.538. The predicted octanol–water partition coefficient (Wildman–Crippen LogP) is 1.20. The van der Waals surface area contributed by atoms with E-state index in [4.69, 9.17) is 24.7 Å². The Morgan fingerprint density at radius 2 is 1.72 bits per heavy atom. The zero-order valence-corrected chi connectivity index (χ0v) is 10.7. The molecule has 0 spiro atoms. The van der Waals surface area contributed by atoms with Gasteiger partial charge in [0.15, 0.2) is 0 Å². The lowest BCUT2D eigenvalue weighted by Gasteiger charge is -2.29. The predicted molar refractivity (Wildman–Crippen MR) is 67.4 cm³/mol. The number of ether oxygens (including phenoxy) is 4. The van der Waals surface area contributed by atoms with Gasteiger partial charge in [0.25, 0.3) is 0 Å². The van der Waals surface area contributed by atoms with Crippen LogP contribution in [0.5, 0.6) is 17.2 Å². The van der Waals surface area contributed by atoms with Crippen molar-refractivity contribution < 1.29 is 18.9 Å². The molecule has 2 N–H and O–H groups in total. The van der Waals surface area contributed by atoms with Crippen LogP contribution in [0.3, 0.4) is 0 Å². The van der Waals surface area contributed by atoms with E-state index in [1.165, 1.54) is 0 Å². The number of nitrogens with two attached hydrogens (primary N) is 1. The van der Waals surface area contributed by atoms with E-state index in [0.29, 0.717) is 30.5 Å². The van der Waals surface area contributed by atoms with Gasteiger partial charge >= 0.3 is 0 Å². The van der Waals surface area contributed by atoms with E-state index >= 15 is 0 Å². The highest BCUT2D eigenvalue weighted by Crippen LogP contribution is 2.28. The molecule has 0 saturated carbocycles. The Bertz CT molecular complexity index is 374. The second-order valence-corrected chi connectivity index (χ2v) is 4.23. The van der Waals surface area contributed by atoms with E-state index in [0.717, 1.165) is 6.42 Å². The summed E-state index contributed by atoms with van der Waals surface area (Å²) in [6, 6.07) is 5.41. The minimum Gasteiger partial charge on any atom is -0.496 e. The number of rotatable bonds is 4. The van der Waals surface area contributed by atoms with Crippen LogP contribution in [-0.2, 0) is 4.74 Å². The summed E-state index contributed by atoms with van der Waals surface area (Å²) in [6.45, 7) is 1.21. The first-order valence-corrected chi connectivity index (χ1v) is 5.96. The van der Waals surface area contributed by atoms with Crippen molar-refractivity contribution in [2.75, 3.05) is 27.4 Å². The molecule has 0 aromatic heterocycles. The average Bonchev–Trinajstić information content (AvgIpc) is 2.41. The fourth-order valence-corrected chi connectivity index (χ4v) is 1.87. The SMILES string of the molecule is COc1cc(OC)cc(OC2COCCC2N)c1. The molecule has 1 fully saturated rings. The van der Waals surface area contributed by atoms with Crippen LogP contribution in [0.25, 0.3) is 0 Å². The second-order valence-electron chi connectivity index (χ2n) is 4.23. The highest BCUT2D eigenvalue weighted by Gasteiger charge is 2.24. The number of methoxy groups -OCH3 is 2. The molecule has 1 aliphatic rings. The van der Waals surface area contributed by atoms with Gasteiger partial charge in [-0.1, -0.05) is 0 Å². The molecule has 18 heavy (non-hydrogen) atoms. The van der Waals surface area contributed by atoms with Crippen LogP contribution in [0.4, 0.5) is 0 Å². The summed E-state index contributed by atoms with van der Waals surface area (Å²) >= 11 is 0. The molecular formula is C13H19NO4. The van der Waals surface area contributed by atoms with Gasteiger partial charge in [0, 0.05) is 30.8 Å². The molecule has 1 aromatic carbocycles. The molecule has 0 radical (unpaired) electrons. The van der Waals surface area contributed by atoms with Gasteiger partial charge in [-0.05, 0) is 6.42 Å². The molecule has 100 valence electrons. The van der Waals surface area contributed by atoms with E-state index in [1.807, 2.05) is 12.1 Å². The molecule has 5 nitrogen and oxygen atoms in total. The summed E-state index contributed by atoms with van der Waals surface area (Å²) in [7, 11) is 3.21. The van der Waals surface area contributed by atoms with Gasteiger partial charge in [0.2, 0.25) is 0 Å². The smallest absolute Gasteiger partial charge is 0.137 e. The Kier molecular flexibility index (Phi) is 4.28. The van der Waals surface area contributed by atoms with Crippen molar-refractivity contribution in [1.29, 1.82) is 0 Å². The van der Waals surface area contributed by atoms with Crippen molar-refractivity contribution in [2.45, 2.75) is 18.6 Å². The van der Waals surface area contributed by atoms with Crippen LogP contribution in [0.2, 0.25) is 0 Å². The standard InChI is InChI=1S/C13H19NO4/c1-15-9-5-10(16-2)7-11(6-9)18-13-8-17-4-3-12(13)14/h5-7,12-13H,3-4,8,14H2,1-2H3. The molecule has 5 heteroatoms. The normalized spacial score (nSPS) is 23.5. The lowest BCUT2D eigenvalue weighted by atomic mass is 10.1. The summed E-state index contributed by atoms with van der Waals surface area (Å²) < 4.78 is 21.6. The minimum atomic E-state index is -0.129. The Labute approximate surface area is 107 Å². The van der Waals surface area contributed by atoms with Crippen molar-refractivity contribution in [3.05, 3.63) is 18.2 Å². The van der Waals surface area contributed by atoms with E-state index in [1.54, 1.807) is 20.3 Å². The number of hydrogen-bond donors (Lipinski definition) is 1. The molecule has 1 aliphatic heterocycles. The minimum absolute atomic E-state index is 0.00375. The summed E-state index contributed by atoms with van der Waals surface area (Å²) in [5, 5.41) is 0. The molecule has 1 heterocycles. The Hall–Kier alpha value is -1.46. The van der Waals surface area contributed by atoms with E-state index in [2.05, 4.69) is 0 Å². The lowest BCUT2D eigenvalue weighted by molar-refractivity contribution is -0.00545. The van der Waals surface area contributed by atoms with Gasteiger partial charge in [-0.15, -0.1) is 0 Å². The lowest BCUT2D eigenvalue weighted by Crippen LogP contribution is -2.46. The first kappa shape index (κ1) is 13.0. The molecule has 2 rings (SSSR count). The number of hydrogen-bond acceptors (Lipinski definition) is 5. The van der Waals surface area contributed by atoms with Gasteiger partial charge in [-0.3, -0.25) is 0 Å². The summed E-state index contributed by atoms with van der Waals surface area (Å²) in [4.78, 5) is 0. The van der Waals surface area contributed by atoms with Gasteiger partial charge in [-0.2, -0.15) is 0 Å². The maximum atomic E-state index is 6.00. The summed E-state index contributed by atoms with van der Waals surface area (Å²) in [5.41, 5.74) is 6.00. The quantitative estimate of drug-likeness (QED) is 0.873. The van der Waals surface area contributed by atoms with Gasteiger partial charge < -0.3 is 24.7 Å². The second kappa shape index (κ2) is 5.93. The molecule has 2 unspecified atom stereocenters. The van der Waals surface area contributed by atoms with Crippen molar-refractivity contribution in [2.24, 2.45) is 5.73 Å². The fourth-order valence-electron chi connectivity index (χ4n) is 1.87. The largest absolute Gasteiger partial charge is 0.496 e. The van der Waals surface area contributed by atoms with Crippen molar-refractivity contribution >= 4 is 0 Å². The van der Waals surface area contributed by atoms with E-state index in [9.17, 15) is 0 Å². The van der Waals surface area contributed by atoms with Crippen molar-refractivity contribution in [1.82, 2.24) is 0 Å². The first-order valence-electron chi connectivity index (χ1n) is 5.96. The van der Waals surface area contributed by atoms with Gasteiger partial charge in [0.1, 0.15) is 23.4 Å². The van der Waals surface area contributed by atoms with Crippen LogP contribution < -0.4 is 19.9 Å². The first-order chi connectivity index (χ1) is 8.72. The highest BCUT2D eigenvalue weighted by molar-refractivity contribution is 5.42. The van der Waals surface area contributed by atoms with Gasteiger partial charge in [0.05, 0.1) is 20.8 Å². The zero-order valence-electron chi connectivity index (χ0n) is 10.7. The Balaban J connectivity index is 2.12. The van der Waals surface area contributed by atoms with Crippen LogP contribution in [0, 0.1) is 0 Å². The van der Waals surface area contributed by atoms with Gasteiger partial charge in [-0.25, -0.2) is 0 Å². The molecule has 2 atom stereocenters. The van der Waals surface area contributed by atoms with Crippen molar-refractivity contribution in [3.63, 3.8) is 0 Å². The van der Waals surface area contributed by atoms with Crippen LogP contribution in [0.1, 0.15) is 6.42 Å². The summed E-state index contributed by atoms with van der Waals surface area (Å²) in [6.07, 6.45) is 0.682. The zero-order chi connectivity index (χ0) is 13.0. The third-order valence-electron chi connectivity index (χ3n) is 2.97. The van der Waals surface area contributed by atoms with Crippen LogP contribution >= 0.6 is 0 Å². The van der Waals surface area contributed by atoms with Crippen molar-refractivity contribution in [3.8, 4) is 17.2 Å². The van der Waals surface area contributed by atoms with E-state index < -0.39 is 0 Å². The third kappa shape index (κ3) is 3.05. The maximum absolute atomic E-state index is 6.00. The Morgan fingerprint density at radius 1 is 1.11 bits per heavy atom. The summed E-state index contributed by atoms with van der Waals surface area (Å²) in [5.74, 6) is 2.06. The monoisotopic (exact) mass is 253 g/mol. The molecular weight excluding hydrogens is 234 g/mol. The molecule has 0 aliphatic carbocycles. The highest BCUT2D eigenvalue weighted by atomic mass is 16.5. The van der Waals surface area contributed by atoms with E-state index in [-0.39, 0.29) is 12.1 Å². The van der Waals surface area contributed by atoms with Crippen LogP contribution in [0.15, 0.2) is 18.2 Å². The Morgan fingerprint density at radius 3 is 2.28 bits per heavy atom. The average molecular weight is 253 g/mol.